The zero-order valence-corrected chi connectivity index (χ0v) is 11.1. The summed E-state index contributed by atoms with van der Waals surface area (Å²) in [5.74, 6) is 0.00744. The quantitative estimate of drug-likeness (QED) is 0.832. The summed E-state index contributed by atoms with van der Waals surface area (Å²) in [4.78, 5) is 1.85. The maximum Gasteiger partial charge on any atom is 0.133 e. The Morgan fingerprint density at radius 1 is 1.26 bits per heavy atom. The minimum atomic E-state index is -0.312. The Hall–Kier alpha value is -1.87. The fraction of sp³-hybridized carbons (Fsp3) is 0.133. The number of fused-ring (bicyclic) bond motifs is 1. The molecule has 0 bridgehead atoms. The Morgan fingerprint density at radius 2 is 2.05 bits per heavy atom. The van der Waals surface area contributed by atoms with Gasteiger partial charge in [-0.1, -0.05) is 23.7 Å². The van der Waals surface area contributed by atoms with Crippen LogP contribution in [0.2, 0.25) is 5.02 Å². The molecule has 2 aromatic carbocycles. The van der Waals surface area contributed by atoms with E-state index in [0.29, 0.717) is 23.0 Å². The summed E-state index contributed by atoms with van der Waals surface area (Å²) >= 11 is 6.12. The lowest BCUT2D eigenvalue weighted by molar-refractivity contribution is 0.627. The Balaban J connectivity index is 2.07. The zero-order valence-electron chi connectivity index (χ0n) is 10.4. The number of hydrogen-bond donors (Lipinski definition) is 1. The molecule has 0 aromatic heterocycles. The van der Waals surface area contributed by atoms with Crippen molar-refractivity contribution in [2.75, 3.05) is 4.90 Å². The van der Waals surface area contributed by atoms with Gasteiger partial charge in [0.15, 0.2) is 0 Å². The van der Waals surface area contributed by atoms with Gasteiger partial charge in [0.25, 0.3) is 0 Å². The molecule has 0 aliphatic carbocycles. The maximum absolute atomic E-state index is 13.3. The van der Waals surface area contributed by atoms with Gasteiger partial charge >= 0.3 is 0 Å². The van der Waals surface area contributed by atoms with Crippen molar-refractivity contribution in [1.29, 1.82) is 5.41 Å². The molecule has 0 unspecified atom stereocenters. The highest BCUT2D eigenvalue weighted by Gasteiger charge is 2.26. The van der Waals surface area contributed by atoms with Crippen LogP contribution in [-0.2, 0) is 6.54 Å². The molecule has 0 saturated heterocycles. The van der Waals surface area contributed by atoms with E-state index >= 15 is 0 Å². The molecule has 0 spiro atoms. The van der Waals surface area contributed by atoms with E-state index in [1.807, 2.05) is 30.0 Å². The van der Waals surface area contributed by atoms with E-state index in [1.165, 1.54) is 12.1 Å². The lowest BCUT2D eigenvalue weighted by Crippen LogP contribution is -2.23. The van der Waals surface area contributed by atoms with E-state index in [9.17, 15) is 4.39 Å². The van der Waals surface area contributed by atoms with Crippen LogP contribution in [0.4, 0.5) is 10.1 Å². The Kier molecular flexibility index (Phi) is 2.79. The molecular formula is C15H12ClFN2. The van der Waals surface area contributed by atoms with Crippen LogP contribution in [0.1, 0.15) is 16.7 Å². The largest absolute Gasteiger partial charge is 0.322 e. The number of benzene rings is 2. The van der Waals surface area contributed by atoms with Gasteiger partial charge in [-0.05, 0) is 42.3 Å². The number of amidine groups is 1. The fourth-order valence-electron chi connectivity index (χ4n) is 2.40. The van der Waals surface area contributed by atoms with Crippen LogP contribution >= 0.6 is 11.6 Å². The number of halogens is 2. The second-order valence-corrected chi connectivity index (χ2v) is 5.03. The predicted molar refractivity (Wildman–Crippen MR) is 75.6 cm³/mol. The van der Waals surface area contributed by atoms with Gasteiger partial charge < -0.3 is 4.90 Å². The first-order valence-electron chi connectivity index (χ1n) is 5.98. The number of nitrogens with zero attached hydrogens (tertiary/aromatic N) is 1. The van der Waals surface area contributed by atoms with Gasteiger partial charge in [-0.25, -0.2) is 4.39 Å². The van der Waals surface area contributed by atoms with Crippen LogP contribution in [-0.4, -0.2) is 5.84 Å². The summed E-state index contributed by atoms with van der Waals surface area (Å²) in [6.07, 6.45) is 0. The third-order valence-corrected chi connectivity index (χ3v) is 3.86. The van der Waals surface area contributed by atoms with Crippen molar-refractivity contribution in [3.05, 3.63) is 63.9 Å². The lowest BCUT2D eigenvalue weighted by Gasteiger charge is -2.20. The molecule has 19 heavy (non-hydrogen) atoms. The average molecular weight is 275 g/mol. The molecule has 2 nitrogen and oxygen atoms in total. The topological polar surface area (TPSA) is 27.1 Å². The summed E-state index contributed by atoms with van der Waals surface area (Å²) in [7, 11) is 0. The number of rotatable bonds is 1. The first-order valence-corrected chi connectivity index (χ1v) is 6.35. The Labute approximate surface area is 115 Å². The molecule has 0 fully saturated rings. The minimum absolute atomic E-state index is 0.312. The van der Waals surface area contributed by atoms with Gasteiger partial charge in [-0.15, -0.1) is 0 Å². The number of nitrogens with one attached hydrogen (secondary N) is 1. The highest BCUT2D eigenvalue weighted by molar-refractivity contribution is 6.32. The summed E-state index contributed by atoms with van der Waals surface area (Å²) in [5.41, 5.74) is 3.45. The van der Waals surface area contributed by atoms with E-state index in [1.54, 1.807) is 6.07 Å². The van der Waals surface area contributed by atoms with Crippen molar-refractivity contribution in [1.82, 2.24) is 0 Å². The molecule has 0 radical (unpaired) electrons. The zero-order chi connectivity index (χ0) is 13.6. The molecule has 2 aromatic rings. The Morgan fingerprint density at radius 3 is 2.84 bits per heavy atom. The molecule has 1 heterocycles. The van der Waals surface area contributed by atoms with Crippen LogP contribution in [0.25, 0.3) is 0 Å². The maximum atomic E-state index is 13.3. The molecule has 96 valence electrons. The van der Waals surface area contributed by atoms with Gasteiger partial charge in [0.1, 0.15) is 11.7 Å². The predicted octanol–water partition coefficient (Wildman–Crippen LogP) is 4.13. The van der Waals surface area contributed by atoms with Crippen LogP contribution in [0, 0.1) is 18.2 Å². The second kappa shape index (κ2) is 4.35. The lowest BCUT2D eigenvalue weighted by atomic mass is 10.1. The monoisotopic (exact) mass is 274 g/mol. The third kappa shape index (κ3) is 1.90. The summed E-state index contributed by atoms with van der Waals surface area (Å²) < 4.78 is 13.3. The molecule has 0 saturated carbocycles. The molecule has 0 amide bonds. The van der Waals surface area contributed by atoms with Crippen molar-refractivity contribution in [3.8, 4) is 0 Å². The Bertz CT molecular complexity index is 682. The van der Waals surface area contributed by atoms with Gasteiger partial charge in [-0.2, -0.15) is 0 Å². The van der Waals surface area contributed by atoms with Crippen LogP contribution < -0.4 is 4.90 Å². The molecule has 1 aliphatic rings. The summed E-state index contributed by atoms with van der Waals surface area (Å²) in [6.45, 7) is 2.50. The van der Waals surface area contributed by atoms with Crippen molar-refractivity contribution < 1.29 is 4.39 Å². The smallest absolute Gasteiger partial charge is 0.133 e. The van der Waals surface area contributed by atoms with E-state index in [-0.39, 0.29) is 5.82 Å². The van der Waals surface area contributed by atoms with Crippen molar-refractivity contribution >= 4 is 23.1 Å². The second-order valence-electron chi connectivity index (χ2n) is 4.62. The van der Waals surface area contributed by atoms with Crippen LogP contribution in [0.5, 0.6) is 0 Å². The molecule has 0 atom stereocenters. The van der Waals surface area contributed by atoms with Gasteiger partial charge in [-0.3, -0.25) is 5.41 Å². The highest BCUT2D eigenvalue weighted by atomic mass is 35.5. The third-order valence-electron chi connectivity index (χ3n) is 3.46. The molecule has 4 heteroatoms. The van der Waals surface area contributed by atoms with Gasteiger partial charge in [0, 0.05) is 16.3 Å². The van der Waals surface area contributed by atoms with E-state index in [2.05, 4.69) is 0 Å². The molecule has 1 aliphatic heterocycles. The molecule has 1 N–H and O–H groups in total. The van der Waals surface area contributed by atoms with E-state index in [4.69, 9.17) is 17.0 Å². The van der Waals surface area contributed by atoms with Gasteiger partial charge in [0.2, 0.25) is 0 Å². The first kappa shape index (κ1) is 12.2. The fourth-order valence-corrected chi connectivity index (χ4v) is 2.57. The molecular weight excluding hydrogens is 263 g/mol. The first-order chi connectivity index (χ1) is 9.08. The van der Waals surface area contributed by atoms with E-state index in [0.717, 1.165) is 16.8 Å². The standard InChI is InChI=1S/C15H12ClFN2/c1-9-13(16)3-2-4-14(9)19-8-10-5-6-11(17)7-12(10)15(19)18/h2-7,18H,8H2,1H3. The average Bonchev–Trinajstić information content (AvgIpc) is 2.70. The number of anilines is 1. The SMILES string of the molecule is Cc1c(Cl)cccc1N1Cc2ccc(F)cc2C1=N. The van der Waals surface area contributed by atoms with E-state index < -0.39 is 0 Å². The normalized spacial score (nSPS) is 13.8. The molecule has 3 rings (SSSR count). The van der Waals surface area contributed by atoms with Crippen LogP contribution in [0.3, 0.4) is 0 Å². The van der Waals surface area contributed by atoms with Crippen LogP contribution in [0.15, 0.2) is 36.4 Å². The van der Waals surface area contributed by atoms with Crippen molar-refractivity contribution in [2.24, 2.45) is 0 Å². The van der Waals surface area contributed by atoms with Crippen molar-refractivity contribution in [2.45, 2.75) is 13.5 Å². The summed E-state index contributed by atoms with van der Waals surface area (Å²) in [5, 5.41) is 8.88. The van der Waals surface area contributed by atoms with Crippen molar-refractivity contribution in [3.63, 3.8) is 0 Å². The highest BCUT2D eigenvalue weighted by Crippen LogP contribution is 2.33. The minimum Gasteiger partial charge on any atom is -0.322 e. The number of hydrogen-bond acceptors (Lipinski definition) is 1. The summed E-state index contributed by atoms with van der Waals surface area (Å²) in [6, 6.07) is 10.2. The van der Waals surface area contributed by atoms with Gasteiger partial charge in [0.05, 0.1) is 6.54 Å².